The van der Waals surface area contributed by atoms with E-state index in [1.165, 1.54) is 11.9 Å². The Balaban J connectivity index is 3.33. The number of phenolic OH excluding ortho intramolecular Hbond substituents is 1. The number of hydrogen-bond acceptors (Lipinski definition) is 3. The van der Waals surface area contributed by atoms with Gasteiger partial charge in [0, 0.05) is 11.6 Å². The molecule has 0 amide bonds. The second-order valence-corrected chi connectivity index (χ2v) is 5.71. The van der Waals surface area contributed by atoms with E-state index in [1.54, 1.807) is 0 Å². The number of nitrogens with zero attached hydrogens (tertiary/aromatic N) is 2. The predicted molar refractivity (Wildman–Crippen MR) is 78.6 cm³/mol. The third-order valence-electron chi connectivity index (χ3n) is 2.51. The Labute approximate surface area is 121 Å². The van der Waals surface area contributed by atoms with Crippen LogP contribution in [0.2, 0.25) is 0 Å². The Morgan fingerprint density at radius 3 is 2.35 bits per heavy atom. The van der Waals surface area contributed by atoms with E-state index in [2.05, 4.69) is 5.10 Å². The number of thiocarbonyl (C=S) groups is 1. The molecule has 0 unspecified atom stereocenters. The molecule has 0 fully saturated rings. The molecule has 0 saturated carbocycles. The fourth-order valence-corrected chi connectivity index (χ4v) is 1.89. The smallest absolute Gasteiger partial charge is 0.187 e. The minimum Gasteiger partial charge on any atom is -0.504 e. The van der Waals surface area contributed by atoms with Gasteiger partial charge in [-0.2, -0.15) is 5.10 Å². The van der Waals surface area contributed by atoms with Gasteiger partial charge in [0.25, 0.3) is 0 Å². The SMILES string of the molecule is C/C(=N/N(C(N)=S)C(C)(C)C)c1cc(F)cc(F)c1O. The van der Waals surface area contributed by atoms with Crippen LogP contribution in [0.25, 0.3) is 0 Å². The summed E-state index contributed by atoms with van der Waals surface area (Å²) in [5.41, 5.74) is 5.23. The van der Waals surface area contributed by atoms with Crippen molar-refractivity contribution in [1.82, 2.24) is 5.01 Å². The highest BCUT2D eigenvalue weighted by Crippen LogP contribution is 2.24. The van der Waals surface area contributed by atoms with Crippen molar-refractivity contribution in [3.63, 3.8) is 0 Å². The Morgan fingerprint density at radius 1 is 1.35 bits per heavy atom. The average Bonchev–Trinajstić information content (AvgIpc) is 2.28. The summed E-state index contributed by atoms with van der Waals surface area (Å²) in [6, 6.07) is 1.60. The summed E-state index contributed by atoms with van der Waals surface area (Å²) in [7, 11) is 0. The summed E-state index contributed by atoms with van der Waals surface area (Å²) in [5.74, 6) is -2.51. The Morgan fingerprint density at radius 2 is 1.90 bits per heavy atom. The highest BCUT2D eigenvalue weighted by molar-refractivity contribution is 7.80. The third kappa shape index (κ3) is 3.63. The van der Waals surface area contributed by atoms with Crippen LogP contribution in [0.3, 0.4) is 0 Å². The van der Waals surface area contributed by atoms with E-state index >= 15 is 0 Å². The summed E-state index contributed by atoms with van der Waals surface area (Å²) in [6.07, 6.45) is 0. The first-order chi connectivity index (χ1) is 9.04. The van der Waals surface area contributed by atoms with Gasteiger partial charge in [0.1, 0.15) is 5.82 Å². The second-order valence-electron chi connectivity index (χ2n) is 5.29. The maximum atomic E-state index is 13.3. The van der Waals surface area contributed by atoms with Gasteiger partial charge < -0.3 is 10.8 Å². The highest BCUT2D eigenvalue weighted by Gasteiger charge is 2.23. The van der Waals surface area contributed by atoms with Gasteiger partial charge >= 0.3 is 0 Å². The fraction of sp³-hybridized carbons (Fsp3) is 0.385. The van der Waals surface area contributed by atoms with Crippen molar-refractivity contribution in [3.8, 4) is 5.75 Å². The summed E-state index contributed by atoms with van der Waals surface area (Å²) in [6.45, 7) is 6.99. The molecule has 4 nitrogen and oxygen atoms in total. The number of hydrazone groups is 1. The largest absolute Gasteiger partial charge is 0.504 e. The molecule has 0 aliphatic heterocycles. The van der Waals surface area contributed by atoms with E-state index in [0.717, 1.165) is 6.07 Å². The standard InChI is InChI=1S/C13H17F2N3OS/c1-7(17-18(12(16)20)13(2,3)4)9-5-8(14)6-10(15)11(9)19/h5-6,19H,1-4H3,(H2,16,20)/b17-7-. The lowest BCUT2D eigenvalue weighted by atomic mass is 10.1. The van der Waals surface area contributed by atoms with Crippen LogP contribution < -0.4 is 5.73 Å². The molecule has 1 rings (SSSR count). The number of halogens is 2. The second kappa shape index (κ2) is 5.70. The molecule has 1 aromatic rings. The lowest BCUT2D eigenvalue weighted by Gasteiger charge is -2.31. The summed E-state index contributed by atoms with van der Waals surface area (Å²) in [5, 5.41) is 15.2. The number of nitrogens with two attached hydrogens (primary N) is 1. The van der Waals surface area contributed by atoms with Crippen molar-refractivity contribution in [2.24, 2.45) is 10.8 Å². The molecule has 7 heteroatoms. The number of rotatable bonds is 2. The third-order valence-corrected chi connectivity index (χ3v) is 2.69. The summed E-state index contributed by atoms with van der Waals surface area (Å²) < 4.78 is 26.5. The summed E-state index contributed by atoms with van der Waals surface area (Å²) >= 11 is 4.90. The van der Waals surface area contributed by atoms with E-state index in [9.17, 15) is 13.9 Å². The molecule has 110 valence electrons. The number of hydrogen-bond donors (Lipinski definition) is 2. The molecule has 0 radical (unpaired) electrons. The quantitative estimate of drug-likeness (QED) is 0.501. The van der Waals surface area contributed by atoms with Crippen LogP contribution in [0.15, 0.2) is 17.2 Å². The van der Waals surface area contributed by atoms with Gasteiger partial charge in [0.2, 0.25) is 0 Å². The minimum atomic E-state index is -1.05. The van der Waals surface area contributed by atoms with Crippen molar-refractivity contribution in [1.29, 1.82) is 0 Å². The van der Waals surface area contributed by atoms with Crippen molar-refractivity contribution in [3.05, 3.63) is 29.3 Å². The molecule has 0 spiro atoms. The topological polar surface area (TPSA) is 61.8 Å². The molecule has 0 aliphatic rings. The van der Waals surface area contributed by atoms with Crippen molar-refractivity contribution in [2.75, 3.05) is 0 Å². The van der Waals surface area contributed by atoms with Gasteiger partial charge in [-0.3, -0.25) is 0 Å². The van der Waals surface area contributed by atoms with Gasteiger partial charge in [0.15, 0.2) is 16.7 Å². The molecule has 0 aromatic heterocycles. The van der Waals surface area contributed by atoms with Crippen LogP contribution in [0, 0.1) is 11.6 Å². The van der Waals surface area contributed by atoms with E-state index in [0.29, 0.717) is 6.07 Å². The monoisotopic (exact) mass is 301 g/mol. The van der Waals surface area contributed by atoms with Gasteiger partial charge in [-0.05, 0) is 46.0 Å². The zero-order valence-electron chi connectivity index (χ0n) is 11.7. The van der Waals surface area contributed by atoms with Gasteiger partial charge in [-0.15, -0.1) is 0 Å². The molecule has 3 N–H and O–H groups in total. The normalized spacial score (nSPS) is 12.4. The summed E-state index contributed by atoms with van der Waals surface area (Å²) in [4.78, 5) is 0. The maximum Gasteiger partial charge on any atom is 0.187 e. The Hall–Kier alpha value is -1.76. The lowest BCUT2D eigenvalue weighted by Crippen LogP contribution is -2.45. The van der Waals surface area contributed by atoms with Crippen molar-refractivity contribution < 1.29 is 13.9 Å². The van der Waals surface area contributed by atoms with Gasteiger partial charge in [-0.25, -0.2) is 13.8 Å². The van der Waals surface area contributed by atoms with Gasteiger partial charge in [-0.1, -0.05) is 0 Å². The lowest BCUT2D eigenvalue weighted by molar-refractivity contribution is 0.248. The molecule has 0 saturated heterocycles. The molecule has 0 bridgehead atoms. The van der Waals surface area contributed by atoms with E-state index in [4.69, 9.17) is 18.0 Å². The molecule has 0 atom stereocenters. The van der Waals surface area contributed by atoms with Crippen LogP contribution in [0.4, 0.5) is 8.78 Å². The van der Waals surface area contributed by atoms with Crippen LogP contribution in [0.1, 0.15) is 33.3 Å². The number of benzene rings is 1. The van der Waals surface area contributed by atoms with E-state index in [1.807, 2.05) is 20.8 Å². The first-order valence-electron chi connectivity index (χ1n) is 5.87. The molecule has 20 heavy (non-hydrogen) atoms. The zero-order chi connectivity index (χ0) is 15.7. The first-order valence-corrected chi connectivity index (χ1v) is 6.28. The molecule has 0 aliphatic carbocycles. The molecule has 0 heterocycles. The Bertz CT molecular complexity index is 567. The van der Waals surface area contributed by atoms with Crippen LogP contribution in [-0.4, -0.2) is 26.5 Å². The van der Waals surface area contributed by atoms with E-state index < -0.39 is 22.9 Å². The molecular weight excluding hydrogens is 284 g/mol. The van der Waals surface area contributed by atoms with Crippen LogP contribution in [0.5, 0.6) is 5.75 Å². The number of phenols is 1. The first kappa shape index (κ1) is 16.3. The highest BCUT2D eigenvalue weighted by atomic mass is 32.1. The fourth-order valence-electron chi connectivity index (χ4n) is 1.58. The number of aromatic hydroxyl groups is 1. The van der Waals surface area contributed by atoms with Crippen molar-refractivity contribution in [2.45, 2.75) is 33.2 Å². The van der Waals surface area contributed by atoms with E-state index in [-0.39, 0.29) is 16.4 Å². The van der Waals surface area contributed by atoms with Crippen LogP contribution >= 0.6 is 12.2 Å². The minimum absolute atomic E-state index is 0.0215. The van der Waals surface area contributed by atoms with Crippen molar-refractivity contribution >= 4 is 23.0 Å². The van der Waals surface area contributed by atoms with Gasteiger partial charge in [0.05, 0.1) is 11.3 Å². The van der Waals surface area contributed by atoms with Crippen LogP contribution in [-0.2, 0) is 0 Å². The molecule has 1 aromatic carbocycles. The zero-order valence-corrected chi connectivity index (χ0v) is 12.6. The maximum absolute atomic E-state index is 13.3. The average molecular weight is 301 g/mol. The Kier molecular flexibility index (Phi) is 4.65. The predicted octanol–water partition coefficient (Wildman–Crippen LogP) is 2.74. The molecular formula is C13H17F2N3OS.